The molecule has 3 N–H and O–H groups in total. The van der Waals surface area contributed by atoms with Crippen molar-refractivity contribution in [2.45, 2.75) is 51.0 Å². The molecular formula is C39H48N4O4. The largest absolute Gasteiger partial charge is 0.490 e. The fraction of sp³-hybridized carbons (Fsp3) is 0.410. The van der Waals surface area contributed by atoms with Crippen molar-refractivity contribution in [2.75, 3.05) is 39.3 Å². The number of nitrogens with one attached hydrogen (secondary N) is 2. The monoisotopic (exact) mass is 636 g/mol. The molecular weight excluding hydrogens is 588 g/mol. The molecule has 0 saturated carbocycles. The van der Waals surface area contributed by atoms with Gasteiger partial charge in [0.05, 0.1) is 17.4 Å². The Morgan fingerprint density at radius 2 is 1.43 bits per heavy atom. The maximum atomic E-state index is 13.5. The number of rotatable bonds is 17. The Morgan fingerprint density at radius 3 is 2.09 bits per heavy atom. The number of hydrogen-bond acceptors (Lipinski definition) is 6. The number of fused-ring (bicyclic) bond motifs is 1. The lowest BCUT2D eigenvalue weighted by atomic mass is 9.83. The van der Waals surface area contributed by atoms with Crippen LogP contribution in [0.25, 0.3) is 10.9 Å². The van der Waals surface area contributed by atoms with E-state index in [9.17, 15) is 14.7 Å². The fourth-order valence-electron chi connectivity index (χ4n) is 6.39. The van der Waals surface area contributed by atoms with Crippen LogP contribution in [0.5, 0.6) is 5.75 Å². The molecule has 8 nitrogen and oxygen atoms in total. The SMILES string of the molecule is O=C(NCCCCc1ccccc1)C1CCN(CC(O)COc2cccc3ncccc23)CC1C(=O)NCCCCc1ccccc1. The van der Waals surface area contributed by atoms with Gasteiger partial charge in [0.1, 0.15) is 18.5 Å². The summed E-state index contributed by atoms with van der Waals surface area (Å²) in [5, 5.41) is 18.0. The molecule has 2 amide bonds. The summed E-state index contributed by atoms with van der Waals surface area (Å²) in [6.45, 7) is 2.69. The van der Waals surface area contributed by atoms with Gasteiger partial charge < -0.3 is 20.5 Å². The molecule has 1 saturated heterocycles. The highest BCUT2D eigenvalue weighted by Crippen LogP contribution is 2.26. The first-order chi connectivity index (χ1) is 23.1. The molecule has 3 atom stereocenters. The molecule has 3 aromatic carbocycles. The molecule has 4 aromatic rings. The van der Waals surface area contributed by atoms with Gasteiger partial charge in [-0.2, -0.15) is 0 Å². The van der Waals surface area contributed by atoms with Crippen molar-refractivity contribution in [1.82, 2.24) is 20.5 Å². The Balaban J connectivity index is 1.12. The van der Waals surface area contributed by atoms with E-state index in [1.807, 2.05) is 66.7 Å². The minimum Gasteiger partial charge on any atom is -0.490 e. The number of nitrogens with zero attached hydrogens (tertiary/aromatic N) is 2. The second-order valence-corrected chi connectivity index (χ2v) is 12.5. The molecule has 0 spiro atoms. The Labute approximate surface area is 278 Å². The fourth-order valence-corrected chi connectivity index (χ4v) is 6.39. The molecule has 3 unspecified atom stereocenters. The number of β-amino-alcohol motifs (C(OH)–C–C–N with tert-alkyl or cyclic N) is 1. The van der Waals surface area contributed by atoms with Gasteiger partial charge in [0, 0.05) is 37.8 Å². The smallest absolute Gasteiger partial charge is 0.225 e. The van der Waals surface area contributed by atoms with Crippen LogP contribution in [-0.4, -0.2) is 72.2 Å². The molecule has 1 aromatic heterocycles. The first-order valence-corrected chi connectivity index (χ1v) is 17.1. The standard InChI is InChI=1S/C39H48N4O4/c44-32(29-47-37-21-11-20-36-34(37)19-12-25-40-36)27-43-26-22-33(38(45)41-23-9-7-17-30-13-3-1-4-14-30)35(28-43)39(46)42-24-10-8-18-31-15-5-2-6-16-31/h1-6,11-16,19-21,25,32-33,35,44H,7-10,17-18,22-24,26-29H2,(H,41,45)(H,42,46). The zero-order valence-electron chi connectivity index (χ0n) is 27.2. The number of likely N-dealkylation sites (tertiary alicyclic amines) is 1. The number of unbranched alkanes of at least 4 members (excludes halogenated alkanes) is 2. The number of carbonyl (C=O) groups is 2. The Hall–Kier alpha value is -4.27. The van der Waals surface area contributed by atoms with Crippen LogP contribution in [0.15, 0.2) is 97.2 Å². The first-order valence-electron chi connectivity index (χ1n) is 17.1. The van der Waals surface area contributed by atoms with Crippen molar-refractivity contribution in [3.05, 3.63) is 108 Å². The maximum Gasteiger partial charge on any atom is 0.225 e. The van der Waals surface area contributed by atoms with E-state index in [2.05, 4.69) is 44.8 Å². The molecule has 5 rings (SSSR count). The predicted molar refractivity (Wildman–Crippen MR) is 186 cm³/mol. The van der Waals surface area contributed by atoms with Crippen molar-refractivity contribution in [2.24, 2.45) is 11.8 Å². The van der Waals surface area contributed by atoms with E-state index in [1.54, 1.807) is 6.20 Å². The second-order valence-electron chi connectivity index (χ2n) is 12.5. The van der Waals surface area contributed by atoms with Gasteiger partial charge in [0.25, 0.3) is 0 Å². The first kappa shape index (κ1) is 34.1. The zero-order valence-corrected chi connectivity index (χ0v) is 27.2. The number of pyridine rings is 1. The molecule has 1 aliphatic heterocycles. The number of benzene rings is 3. The number of hydrogen-bond donors (Lipinski definition) is 3. The van der Waals surface area contributed by atoms with Crippen LogP contribution in [0.1, 0.15) is 43.2 Å². The van der Waals surface area contributed by atoms with E-state index in [-0.39, 0.29) is 18.4 Å². The van der Waals surface area contributed by atoms with Gasteiger partial charge in [-0.25, -0.2) is 0 Å². The summed E-state index contributed by atoms with van der Waals surface area (Å²) >= 11 is 0. The lowest BCUT2D eigenvalue weighted by molar-refractivity contribution is -0.138. The van der Waals surface area contributed by atoms with E-state index >= 15 is 0 Å². The van der Waals surface area contributed by atoms with Crippen LogP contribution in [0.2, 0.25) is 0 Å². The van der Waals surface area contributed by atoms with E-state index in [0.29, 0.717) is 44.9 Å². The number of aliphatic hydroxyl groups excluding tert-OH is 1. The summed E-state index contributed by atoms with van der Waals surface area (Å²) in [5.74, 6) is -0.353. The number of ether oxygens (including phenoxy) is 1. The average Bonchev–Trinajstić information content (AvgIpc) is 3.11. The van der Waals surface area contributed by atoms with Gasteiger partial charge in [-0.3, -0.25) is 19.5 Å². The number of aliphatic hydroxyl groups is 1. The molecule has 47 heavy (non-hydrogen) atoms. The van der Waals surface area contributed by atoms with E-state index < -0.39 is 17.9 Å². The number of aryl methyl sites for hydroxylation is 2. The van der Waals surface area contributed by atoms with Gasteiger partial charge in [-0.05, 0) is 86.9 Å². The Morgan fingerprint density at radius 1 is 0.787 bits per heavy atom. The number of aromatic nitrogens is 1. The second kappa shape index (κ2) is 18.2. The lowest BCUT2D eigenvalue weighted by Crippen LogP contribution is -2.53. The third-order valence-corrected chi connectivity index (χ3v) is 8.94. The van der Waals surface area contributed by atoms with Crippen LogP contribution in [0.3, 0.4) is 0 Å². The Bertz CT molecular complexity index is 1530. The van der Waals surface area contributed by atoms with Gasteiger partial charge in [-0.15, -0.1) is 0 Å². The third-order valence-electron chi connectivity index (χ3n) is 8.94. The predicted octanol–water partition coefficient (Wildman–Crippen LogP) is 5.19. The third kappa shape index (κ3) is 10.6. The summed E-state index contributed by atoms with van der Waals surface area (Å²) < 4.78 is 6.00. The normalized spacial score (nSPS) is 17.2. The minimum absolute atomic E-state index is 0.0537. The van der Waals surface area contributed by atoms with Crippen LogP contribution in [0, 0.1) is 11.8 Å². The summed E-state index contributed by atoms with van der Waals surface area (Å²) in [6.07, 6.45) is 7.23. The quantitative estimate of drug-likeness (QED) is 0.138. The summed E-state index contributed by atoms with van der Waals surface area (Å²) in [5.41, 5.74) is 3.43. The summed E-state index contributed by atoms with van der Waals surface area (Å²) in [4.78, 5) is 33.4. The average molecular weight is 637 g/mol. The van der Waals surface area contributed by atoms with Crippen molar-refractivity contribution >= 4 is 22.7 Å². The molecule has 2 heterocycles. The van der Waals surface area contributed by atoms with Gasteiger partial charge >= 0.3 is 0 Å². The van der Waals surface area contributed by atoms with Crippen LogP contribution in [0.4, 0.5) is 0 Å². The van der Waals surface area contributed by atoms with E-state index in [4.69, 9.17) is 4.74 Å². The van der Waals surface area contributed by atoms with Gasteiger partial charge in [0.2, 0.25) is 11.8 Å². The van der Waals surface area contributed by atoms with E-state index in [0.717, 1.165) is 49.4 Å². The van der Waals surface area contributed by atoms with Crippen molar-refractivity contribution in [1.29, 1.82) is 0 Å². The topological polar surface area (TPSA) is 104 Å². The summed E-state index contributed by atoms with van der Waals surface area (Å²) in [7, 11) is 0. The Kier molecular flexibility index (Phi) is 13.2. The highest BCUT2D eigenvalue weighted by Gasteiger charge is 2.38. The number of amides is 2. The maximum absolute atomic E-state index is 13.5. The van der Waals surface area contributed by atoms with Crippen molar-refractivity contribution < 1.29 is 19.4 Å². The van der Waals surface area contributed by atoms with E-state index in [1.165, 1.54) is 11.1 Å². The number of carbonyl (C=O) groups excluding carboxylic acids is 2. The molecule has 1 aliphatic rings. The van der Waals surface area contributed by atoms with Crippen LogP contribution >= 0.6 is 0 Å². The zero-order chi connectivity index (χ0) is 32.7. The molecule has 0 radical (unpaired) electrons. The summed E-state index contributed by atoms with van der Waals surface area (Å²) in [6, 6.07) is 30.2. The molecule has 8 heteroatoms. The lowest BCUT2D eigenvalue weighted by Gasteiger charge is -2.37. The minimum atomic E-state index is -0.751. The van der Waals surface area contributed by atoms with Crippen LogP contribution in [-0.2, 0) is 22.4 Å². The van der Waals surface area contributed by atoms with Crippen LogP contribution < -0.4 is 15.4 Å². The van der Waals surface area contributed by atoms with Gasteiger partial charge in [-0.1, -0.05) is 66.7 Å². The highest BCUT2D eigenvalue weighted by molar-refractivity contribution is 5.88. The van der Waals surface area contributed by atoms with Crippen molar-refractivity contribution in [3.8, 4) is 5.75 Å². The molecule has 1 fully saturated rings. The molecule has 0 aliphatic carbocycles. The molecule has 248 valence electrons. The van der Waals surface area contributed by atoms with Crippen molar-refractivity contribution in [3.63, 3.8) is 0 Å². The highest BCUT2D eigenvalue weighted by atomic mass is 16.5. The number of piperidine rings is 1. The molecule has 0 bridgehead atoms. The van der Waals surface area contributed by atoms with Gasteiger partial charge in [0.15, 0.2) is 0 Å².